The second-order valence-electron chi connectivity index (χ2n) is 6.86. The molecule has 1 aromatic rings. The van der Waals surface area contributed by atoms with E-state index in [9.17, 15) is 9.59 Å². The molecule has 1 rings (SSSR count). The SMILES string of the molecule is CCOc1ccccc1C(=O)N[C@H](C(=O)NC(C)(C)C)C(C)C. The summed E-state index contributed by atoms with van der Waals surface area (Å²) in [6.45, 7) is 11.9. The van der Waals surface area contributed by atoms with Crippen LogP contribution in [0, 0.1) is 5.92 Å². The quantitative estimate of drug-likeness (QED) is 0.847. The highest BCUT2D eigenvalue weighted by molar-refractivity contribution is 5.99. The van der Waals surface area contributed by atoms with Crippen molar-refractivity contribution in [2.75, 3.05) is 6.61 Å². The number of hydrogen-bond donors (Lipinski definition) is 2. The Kier molecular flexibility index (Phi) is 6.61. The van der Waals surface area contributed by atoms with E-state index in [0.717, 1.165) is 0 Å². The molecule has 0 aliphatic rings. The maximum Gasteiger partial charge on any atom is 0.255 e. The predicted octanol–water partition coefficient (Wildman–Crippen LogP) is 2.75. The van der Waals surface area contributed by atoms with Crippen LogP contribution in [0.15, 0.2) is 24.3 Å². The van der Waals surface area contributed by atoms with Crippen LogP contribution in [0.25, 0.3) is 0 Å². The molecule has 128 valence electrons. The summed E-state index contributed by atoms with van der Waals surface area (Å²) in [6, 6.07) is 6.43. The molecule has 2 amide bonds. The second kappa shape index (κ2) is 7.99. The molecule has 0 aliphatic carbocycles. The van der Waals surface area contributed by atoms with Gasteiger partial charge in [-0.05, 0) is 45.7 Å². The van der Waals surface area contributed by atoms with Gasteiger partial charge in [0.05, 0.1) is 12.2 Å². The van der Waals surface area contributed by atoms with Crippen molar-refractivity contribution in [3.63, 3.8) is 0 Å². The standard InChI is InChI=1S/C18H28N2O3/c1-7-23-14-11-9-8-10-13(14)16(21)19-15(12(2)3)17(22)20-18(4,5)6/h8-12,15H,7H2,1-6H3,(H,19,21)(H,20,22)/t15-/m0/s1. The first kappa shape index (κ1) is 19.0. The van der Waals surface area contributed by atoms with Crippen LogP contribution in [0.3, 0.4) is 0 Å². The molecule has 0 radical (unpaired) electrons. The van der Waals surface area contributed by atoms with E-state index < -0.39 is 6.04 Å². The van der Waals surface area contributed by atoms with Gasteiger partial charge < -0.3 is 15.4 Å². The highest BCUT2D eigenvalue weighted by atomic mass is 16.5. The molecular weight excluding hydrogens is 292 g/mol. The first-order chi connectivity index (χ1) is 10.7. The number of para-hydroxylation sites is 1. The average Bonchev–Trinajstić information content (AvgIpc) is 2.43. The minimum atomic E-state index is -0.601. The van der Waals surface area contributed by atoms with Gasteiger partial charge in [0, 0.05) is 5.54 Å². The van der Waals surface area contributed by atoms with Crippen LogP contribution in [0.4, 0.5) is 0 Å². The monoisotopic (exact) mass is 320 g/mol. The summed E-state index contributed by atoms with van der Waals surface area (Å²) in [4.78, 5) is 25.0. The van der Waals surface area contributed by atoms with Crippen LogP contribution in [0.5, 0.6) is 5.75 Å². The fourth-order valence-electron chi connectivity index (χ4n) is 2.14. The number of rotatable bonds is 6. The topological polar surface area (TPSA) is 67.4 Å². The number of hydrogen-bond acceptors (Lipinski definition) is 3. The second-order valence-corrected chi connectivity index (χ2v) is 6.86. The molecule has 0 heterocycles. The van der Waals surface area contributed by atoms with Gasteiger partial charge in [0.15, 0.2) is 0 Å². The van der Waals surface area contributed by atoms with E-state index in [2.05, 4.69) is 10.6 Å². The fourth-order valence-corrected chi connectivity index (χ4v) is 2.14. The Hall–Kier alpha value is -2.04. The Morgan fingerprint density at radius 3 is 2.30 bits per heavy atom. The molecule has 0 fully saturated rings. The summed E-state index contributed by atoms with van der Waals surface area (Å²) < 4.78 is 5.48. The lowest BCUT2D eigenvalue weighted by molar-refractivity contribution is -0.125. The molecule has 0 aromatic heterocycles. The number of carbonyl (C=O) groups is 2. The summed E-state index contributed by atoms with van der Waals surface area (Å²) >= 11 is 0. The summed E-state index contributed by atoms with van der Waals surface area (Å²) in [6.07, 6.45) is 0. The van der Waals surface area contributed by atoms with Gasteiger partial charge in [-0.3, -0.25) is 9.59 Å². The number of carbonyl (C=O) groups excluding carboxylic acids is 2. The molecule has 1 aromatic carbocycles. The molecule has 1 atom stereocenters. The molecule has 0 bridgehead atoms. The Labute approximate surface area is 138 Å². The fraction of sp³-hybridized carbons (Fsp3) is 0.556. The van der Waals surface area contributed by atoms with Crippen LogP contribution in [-0.4, -0.2) is 30.0 Å². The summed E-state index contributed by atoms with van der Waals surface area (Å²) in [5, 5.41) is 5.74. The van der Waals surface area contributed by atoms with Crippen LogP contribution in [0.2, 0.25) is 0 Å². The van der Waals surface area contributed by atoms with Gasteiger partial charge >= 0.3 is 0 Å². The predicted molar refractivity (Wildman–Crippen MR) is 91.6 cm³/mol. The van der Waals surface area contributed by atoms with E-state index in [1.807, 2.05) is 47.6 Å². The van der Waals surface area contributed by atoms with Crippen molar-refractivity contribution in [2.24, 2.45) is 5.92 Å². The zero-order chi connectivity index (χ0) is 17.6. The Morgan fingerprint density at radius 2 is 1.78 bits per heavy atom. The summed E-state index contributed by atoms with van der Waals surface area (Å²) in [7, 11) is 0. The third kappa shape index (κ3) is 5.93. The van der Waals surface area contributed by atoms with Crippen molar-refractivity contribution < 1.29 is 14.3 Å². The molecule has 23 heavy (non-hydrogen) atoms. The maximum atomic E-state index is 12.6. The molecule has 2 N–H and O–H groups in total. The van der Waals surface area contributed by atoms with Gasteiger partial charge in [-0.1, -0.05) is 26.0 Å². The van der Waals surface area contributed by atoms with Crippen molar-refractivity contribution in [3.8, 4) is 5.75 Å². The van der Waals surface area contributed by atoms with E-state index in [1.165, 1.54) is 0 Å². The number of nitrogens with one attached hydrogen (secondary N) is 2. The molecule has 5 heteroatoms. The third-order valence-corrected chi connectivity index (χ3v) is 3.17. The van der Waals surface area contributed by atoms with Gasteiger partial charge in [-0.15, -0.1) is 0 Å². The Balaban J connectivity index is 2.93. The first-order valence-electron chi connectivity index (χ1n) is 8.00. The van der Waals surface area contributed by atoms with Gasteiger partial charge in [0.1, 0.15) is 11.8 Å². The van der Waals surface area contributed by atoms with Gasteiger partial charge in [0.25, 0.3) is 5.91 Å². The van der Waals surface area contributed by atoms with Crippen molar-refractivity contribution in [2.45, 2.75) is 53.1 Å². The average molecular weight is 320 g/mol. The van der Waals surface area contributed by atoms with Crippen molar-refractivity contribution in [1.29, 1.82) is 0 Å². The lowest BCUT2D eigenvalue weighted by atomic mass is 10.0. The van der Waals surface area contributed by atoms with Crippen LogP contribution in [0.1, 0.15) is 51.9 Å². The van der Waals surface area contributed by atoms with E-state index in [0.29, 0.717) is 17.9 Å². The van der Waals surface area contributed by atoms with E-state index >= 15 is 0 Å². The normalized spacial score (nSPS) is 12.7. The van der Waals surface area contributed by atoms with Gasteiger partial charge in [-0.2, -0.15) is 0 Å². The van der Waals surface area contributed by atoms with Crippen molar-refractivity contribution in [1.82, 2.24) is 10.6 Å². The smallest absolute Gasteiger partial charge is 0.255 e. The molecule has 0 saturated carbocycles. The molecule has 5 nitrogen and oxygen atoms in total. The first-order valence-corrected chi connectivity index (χ1v) is 8.00. The number of ether oxygens (including phenoxy) is 1. The highest BCUT2D eigenvalue weighted by Gasteiger charge is 2.28. The minimum Gasteiger partial charge on any atom is -0.493 e. The zero-order valence-corrected chi connectivity index (χ0v) is 14.9. The largest absolute Gasteiger partial charge is 0.493 e. The Bertz CT molecular complexity index is 547. The minimum absolute atomic E-state index is 0.0273. The summed E-state index contributed by atoms with van der Waals surface area (Å²) in [5.74, 6) is -0.00154. The molecule has 0 aliphatic heterocycles. The lowest BCUT2D eigenvalue weighted by Crippen LogP contribution is -2.54. The van der Waals surface area contributed by atoms with E-state index in [4.69, 9.17) is 4.74 Å². The summed E-state index contributed by atoms with van der Waals surface area (Å²) in [5.41, 5.74) is 0.0848. The van der Waals surface area contributed by atoms with Gasteiger partial charge in [0.2, 0.25) is 5.91 Å². The zero-order valence-electron chi connectivity index (χ0n) is 14.9. The number of amides is 2. The Morgan fingerprint density at radius 1 is 1.17 bits per heavy atom. The number of benzene rings is 1. The van der Waals surface area contributed by atoms with Gasteiger partial charge in [-0.25, -0.2) is 0 Å². The molecule has 0 unspecified atom stereocenters. The van der Waals surface area contributed by atoms with E-state index in [-0.39, 0.29) is 23.3 Å². The third-order valence-electron chi connectivity index (χ3n) is 3.17. The van der Waals surface area contributed by atoms with Crippen LogP contribution in [-0.2, 0) is 4.79 Å². The van der Waals surface area contributed by atoms with Crippen molar-refractivity contribution >= 4 is 11.8 Å². The van der Waals surface area contributed by atoms with Crippen LogP contribution < -0.4 is 15.4 Å². The van der Waals surface area contributed by atoms with E-state index in [1.54, 1.807) is 18.2 Å². The molecular formula is C18H28N2O3. The maximum absolute atomic E-state index is 12.6. The molecule has 0 spiro atoms. The van der Waals surface area contributed by atoms with Crippen LogP contribution >= 0.6 is 0 Å². The van der Waals surface area contributed by atoms with Crippen molar-refractivity contribution in [3.05, 3.63) is 29.8 Å². The highest BCUT2D eigenvalue weighted by Crippen LogP contribution is 2.18. The molecule has 0 saturated heterocycles. The lowest BCUT2D eigenvalue weighted by Gasteiger charge is -2.27.